The van der Waals surface area contributed by atoms with Crippen LogP contribution in [0.5, 0.6) is 17.2 Å². The molecule has 1 atom stereocenters. The number of methoxy groups -OCH3 is 2. The second-order valence-electron chi connectivity index (χ2n) is 12.2. The second kappa shape index (κ2) is 18.0. The molecular formula is C40H42KN3O6. The maximum Gasteiger partial charge on any atom is 1.00 e. The van der Waals surface area contributed by atoms with Crippen molar-refractivity contribution in [3.8, 4) is 17.2 Å². The number of hydrogen-bond acceptors (Lipinski definition) is 8. The Morgan fingerprint density at radius 3 is 2.22 bits per heavy atom. The largest absolute Gasteiger partial charge is 1.00 e. The molecule has 1 fully saturated rings. The summed E-state index contributed by atoms with van der Waals surface area (Å²) in [6, 6.07) is 31.3. The molecule has 9 nitrogen and oxygen atoms in total. The summed E-state index contributed by atoms with van der Waals surface area (Å²) in [5.41, 5.74) is 4.11. The number of benzene rings is 4. The smallest absolute Gasteiger partial charge is 0.550 e. The summed E-state index contributed by atoms with van der Waals surface area (Å²) in [6.07, 6.45) is 2.73. The fourth-order valence-corrected chi connectivity index (χ4v) is 6.59. The van der Waals surface area contributed by atoms with Crippen LogP contribution in [-0.2, 0) is 11.3 Å². The van der Waals surface area contributed by atoms with Crippen molar-refractivity contribution < 1.29 is 80.3 Å². The fraction of sp³-hybridized carbons (Fsp3) is 0.300. The van der Waals surface area contributed by atoms with Crippen LogP contribution >= 0.6 is 0 Å². The van der Waals surface area contributed by atoms with E-state index in [1.165, 1.54) is 0 Å². The molecule has 5 aromatic rings. The van der Waals surface area contributed by atoms with Gasteiger partial charge in [-0.15, -0.1) is 0 Å². The number of carbonyl (C=O) groups excluding carboxylic acids is 2. The normalized spacial score (nSPS) is 13.8. The number of aryl methyl sites for hydroxylation is 1. The molecule has 1 aliphatic rings. The molecule has 50 heavy (non-hydrogen) atoms. The molecule has 1 aliphatic heterocycles. The van der Waals surface area contributed by atoms with E-state index in [0.29, 0.717) is 35.6 Å². The van der Waals surface area contributed by atoms with Gasteiger partial charge in [-0.2, -0.15) is 0 Å². The van der Waals surface area contributed by atoms with Crippen LogP contribution in [0.2, 0.25) is 0 Å². The van der Waals surface area contributed by atoms with E-state index in [9.17, 15) is 14.7 Å². The van der Waals surface area contributed by atoms with E-state index >= 15 is 0 Å². The Kier molecular flexibility index (Phi) is 13.6. The number of para-hydroxylation sites is 3. The molecule has 1 aromatic heterocycles. The van der Waals surface area contributed by atoms with Gasteiger partial charge in [0, 0.05) is 79.9 Å². The first-order chi connectivity index (χ1) is 23.9. The quantitative estimate of drug-likeness (QED) is 0.122. The Hall–Kier alpha value is -3.64. The molecule has 0 spiro atoms. The number of carboxylic acids is 1. The maximum atomic E-state index is 13.9. The number of carboxylic acid groups (broad SMARTS) is 1. The molecule has 0 bridgehead atoms. The third-order valence-corrected chi connectivity index (χ3v) is 9.19. The number of aliphatic carboxylic acids is 1. The zero-order valence-corrected chi connectivity index (χ0v) is 32.2. The molecular weight excluding hydrogens is 658 g/mol. The monoisotopic (exact) mass is 699 g/mol. The van der Waals surface area contributed by atoms with Crippen molar-refractivity contribution in [3.05, 3.63) is 120 Å². The van der Waals surface area contributed by atoms with E-state index in [-0.39, 0.29) is 69.7 Å². The van der Waals surface area contributed by atoms with E-state index in [1.54, 1.807) is 32.5 Å². The van der Waals surface area contributed by atoms with Gasteiger partial charge in [-0.1, -0.05) is 60.7 Å². The minimum absolute atomic E-state index is 0. The number of nitrogens with zero attached hydrogens (tertiary/aromatic N) is 3. The number of ether oxygens (including phenoxy) is 3. The van der Waals surface area contributed by atoms with Gasteiger partial charge in [-0.25, -0.2) is 0 Å². The molecule has 2 heterocycles. The number of aromatic nitrogens is 1. The van der Waals surface area contributed by atoms with Crippen LogP contribution in [-0.4, -0.2) is 68.2 Å². The van der Waals surface area contributed by atoms with Gasteiger partial charge in [0.25, 0.3) is 0 Å². The van der Waals surface area contributed by atoms with Gasteiger partial charge in [0.2, 0.25) is 0 Å². The van der Waals surface area contributed by atoms with Crippen LogP contribution in [0.4, 0.5) is 5.69 Å². The topological polar surface area (TPSA) is 96.3 Å². The number of piperazine rings is 1. The van der Waals surface area contributed by atoms with Crippen LogP contribution in [0.3, 0.4) is 0 Å². The minimum atomic E-state index is -1.08. The summed E-state index contributed by atoms with van der Waals surface area (Å²) in [5.74, 6) is 0.715. The summed E-state index contributed by atoms with van der Waals surface area (Å²) in [7, 11) is 3.30. The molecule has 0 radical (unpaired) electrons. The number of hydrogen-bond donors (Lipinski definition) is 0. The van der Waals surface area contributed by atoms with Gasteiger partial charge in [-0.3, -0.25) is 9.69 Å². The summed E-state index contributed by atoms with van der Waals surface area (Å²) in [5, 5.41) is 11.8. The van der Waals surface area contributed by atoms with Crippen molar-refractivity contribution in [1.82, 2.24) is 9.47 Å². The third-order valence-electron chi connectivity index (χ3n) is 9.19. The van der Waals surface area contributed by atoms with Crippen molar-refractivity contribution in [2.75, 3.05) is 51.8 Å². The molecule has 1 unspecified atom stereocenters. The first kappa shape index (κ1) is 37.6. The van der Waals surface area contributed by atoms with Crippen LogP contribution in [0.1, 0.15) is 46.9 Å². The fourth-order valence-electron chi connectivity index (χ4n) is 6.59. The van der Waals surface area contributed by atoms with Crippen LogP contribution in [0.25, 0.3) is 10.9 Å². The van der Waals surface area contributed by atoms with E-state index in [2.05, 4.69) is 28.0 Å². The van der Waals surface area contributed by atoms with Gasteiger partial charge in [-0.05, 0) is 54.8 Å². The predicted octanol–water partition coefficient (Wildman–Crippen LogP) is 2.76. The number of carbonyl (C=O) groups is 2. The molecule has 10 heteroatoms. The SMILES string of the molecule is COc1cc(C(=O)c2cn(CCCC(=O)[O-])c3ccccc23)ccc1OC(CCN1CCN(c2ccccc2OC)CC1)c1ccccc1.[K+]. The molecule has 254 valence electrons. The molecule has 1 saturated heterocycles. The Morgan fingerprint density at radius 1 is 0.780 bits per heavy atom. The summed E-state index contributed by atoms with van der Waals surface area (Å²) < 4.78 is 20.0. The van der Waals surface area contributed by atoms with Gasteiger partial charge >= 0.3 is 51.4 Å². The summed E-state index contributed by atoms with van der Waals surface area (Å²) in [4.78, 5) is 29.7. The number of fused-ring (bicyclic) bond motifs is 1. The molecule has 0 amide bonds. The number of anilines is 1. The van der Waals surface area contributed by atoms with E-state index < -0.39 is 5.97 Å². The number of ketones is 1. The minimum Gasteiger partial charge on any atom is -0.550 e. The van der Waals surface area contributed by atoms with Crippen LogP contribution in [0.15, 0.2) is 103 Å². The Balaban J connectivity index is 0.00000486. The molecule has 4 aromatic carbocycles. The second-order valence-corrected chi connectivity index (χ2v) is 12.2. The van der Waals surface area contributed by atoms with Crippen molar-refractivity contribution in [2.45, 2.75) is 31.9 Å². The zero-order chi connectivity index (χ0) is 34.2. The molecule has 0 aliphatic carbocycles. The first-order valence-corrected chi connectivity index (χ1v) is 16.8. The van der Waals surface area contributed by atoms with Crippen LogP contribution < -0.4 is 75.6 Å². The summed E-state index contributed by atoms with van der Waals surface area (Å²) >= 11 is 0. The maximum absolute atomic E-state index is 13.9. The van der Waals surface area contributed by atoms with Crippen molar-refractivity contribution in [3.63, 3.8) is 0 Å². The van der Waals surface area contributed by atoms with E-state index in [0.717, 1.165) is 67.0 Å². The zero-order valence-electron chi connectivity index (χ0n) is 29.0. The Labute approximate surface area is 336 Å². The Bertz CT molecular complexity index is 1890. The van der Waals surface area contributed by atoms with Gasteiger partial charge in [0.05, 0.1) is 19.9 Å². The Morgan fingerprint density at radius 2 is 1.48 bits per heavy atom. The molecule has 6 rings (SSSR count). The average Bonchev–Trinajstić information content (AvgIpc) is 3.51. The van der Waals surface area contributed by atoms with Gasteiger partial charge < -0.3 is 33.6 Å². The summed E-state index contributed by atoms with van der Waals surface area (Å²) in [6.45, 7) is 5.04. The molecule has 0 saturated carbocycles. The van der Waals surface area contributed by atoms with Crippen molar-refractivity contribution >= 4 is 28.3 Å². The van der Waals surface area contributed by atoms with Gasteiger partial charge in [0.1, 0.15) is 11.9 Å². The number of rotatable bonds is 15. The van der Waals surface area contributed by atoms with E-state index in [1.807, 2.05) is 71.3 Å². The van der Waals surface area contributed by atoms with Crippen LogP contribution in [0, 0.1) is 0 Å². The van der Waals surface area contributed by atoms with Crippen molar-refractivity contribution in [2.24, 2.45) is 0 Å². The standard InChI is InChI=1S/C40H43N3O6.K/c1-47-36-16-9-8-15-34(36)42-25-23-41(24-26-42)22-20-35(29-11-4-3-5-12-29)49-37-19-18-30(27-38(37)48-2)40(46)32-28-43(21-10-17-39(44)45)33-14-7-6-13-31(32)33;/h3-9,11-16,18-19,27-28,35H,10,17,20-26H2,1-2H3,(H,44,45);/q;+1/p-1. The first-order valence-electron chi connectivity index (χ1n) is 16.8. The van der Waals surface area contributed by atoms with E-state index in [4.69, 9.17) is 14.2 Å². The third kappa shape index (κ3) is 8.98. The molecule has 0 N–H and O–H groups in total. The van der Waals surface area contributed by atoms with Crippen molar-refractivity contribution in [1.29, 1.82) is 0 Å². The van der Waals surface area contributed by atoms with Gasteiger partial charge in [0.15, 0.2) is 17.3 Å². The average molecular weight is 700 g/mol. The predicted molar refractivity (Wildman–Crippen MR) is 189 cm³/mol.